The summed E-state index contributed by atoms with van der Waals surface area (Å²) in [4.78, 5) is 13.1. The number of nitrogens with zero attached hydrogens (tertiary/aromatic N) is 1. The maximum absolute atomic E-state index is 13.4. The molecule has 9 heteroatoms. The van der Waals surface area contributed by atoms with Crippen LogP contribution in [0.4, 0.5) is 5.69 Å². The Bertz CT molecular complexity index is 1040. The van der Waals surface area contributed by atoms with Gasteiger partial charge >= 0.3 is 0 Å². The van der Waals surface area contributed by atoms with E-state index >= 15 is 0 Å². The van der Waals surface area contributed by atoms with Gasteiger partial charge in [0.2, 0.25) is 15.9 Å². The van der Waals surface area contributed by atoms with E-state index < -0.39 is 22.2 Å². The fourth-order valence-electron chi connectivity index (χ4n) is 4.34. The molecule has 2 atom stereocenters. The van der Waals surface area contributed by atoms with Gasteiger partial charge in [0.05, 0.1) is 17.0 Å². The molecule has 0 unspecified atom stereocenters. The molecule has 2 aromatic rings. The highest BCUT2D eigenvalue weighted by molar-refractivity contribution is 7.89. The number of hydrogen-bond donors (Lipinski definition) is 4. The molecule has 35 heavy (non-hydrogen) atoms. The van der Waals surface area contributed by atoms with Crippen LogP contribution < -0.4 is 16.4 Å². The van der Waals surface area contributed by atoms with Crippen molar-refractivity contribution >= 4 is 21.6 Å². The first-order valence-corrected chi connectivity index (χ1v) is 13.7. The van der Waals surface area contributed by atoms with Crippen LogP contribution in [0, 0.1) is 11.8 Å². The molecule has 0 aromatic heterocycles. The van der Waals surface area contributed by atoms with Crippen LogP contribution in [0.25, 0.3) is 0 Å². The van der Waals surface area contributed by atoms with Gasteiger partial charge in [-0.1, -0.05) is 44.2 Å². The summed E-state index contributed by atoms with van der Waals surface area (Å²) in [6.45, 7) is 5.54. The van der Waals surface area contributed by atoms with E-state index in [0.29, 0.717) is 12.1 Å². The molecule has 0 saturated carbocycles. The Labute approximate surface area is 209 Å². The largest absolute Gasteiger partial charge is 0.399 e. The van der Waals surface area contributed by atoms with Gasteiger partial charge in [-0.2, -0.15) is 4.31 Å². The molecule has 1 aliphatic rings. The minimum Gasteiger partial charge on any atom is -0.399 e. The second-order valence-corrected chi connectivity index (χ2v) is 11.6. The van der Waals surface area contributed by atoms with Gasteiger partial charge in [0.15, 0.2) is 0 Å². The van der Waals surface area contributed by atoms with Crippen molar-refractivity contribution in [3.8, 4) is 0 Å². The summed E-state index contributed by atoms with van der Waals surface area (Å²) >= 11 is 0. The topological polar surface area (TPSA) is 125 Å². The number of nitrogens with one attached hydrogen (secondary N) is 2. The second kappa shape index (κ2) is 12.5. The van der Waals surface area contributed by atoms with Crippen molar-refractivity contribution in [3.05, 3.63) is 60.2 Å². The minimum absolute atomic E-state index is 0.0441. The Balaban J connectivity index is 1.82. The van der Waals surface area contributed by atoms with E-state index in [-0.39, 0.29) is 35.7 Å². The first kappa shape index (κ1) is 27.1. The Morgan fingerprint density at radius 2 is 1.71 bits per heavy atom. The number of piperidine rings is 1. The van der Waals surface area contributed by atoms with Gasteiger partial charge in [-0.15, -0.1) is 0 Å². The second-order valence-electron chi connectivity index (χ2n) is 9.68. The smallest absolute Gasteiger partial charge is 0.243 e. The quantitative estimate of drug-likeness (QED) is 0.349. The van der Waals surface area contributed by atoms with Crippen LogP contribution in [-0.2, 0) is 21.2 Å². The monoisotopic (exact) mass is 502 g/mol. The molecule has 1 amide bonds. The maximum Gasteiger partial charge on any atom is 0.243 e. The summed E-state index contributed by atoms with van der Waals surface area (Å²) in [6, 6.07) is 15.0. The fraction of sp³-hybridized carbons (Fsp3) is 0.500. The van der Waals surface area contributed by atoms with Gasteiger partial charge in [0.1, 0.15) is 0 Å². The number of carbonyl (C=O) groups excluding carboxylic acids is 1. The van der Waals surface area contributed by atoms with Crippen LogP contribution in [0.5, 0.6) is 0 Å². The van der Waals surface area contributed by atoms with Crippen molar-refractivity contribution in [2.45, 2.75) is 50.2 Å². The molecule has 0 bridgehead atoms. The standard InChI is InChI=1S/C26H38N4O4S/c1-19(2)17-30(35(33,34)23-10-8-22(27)9-11-23)18-25(31)24(16-20-6-4-3-5-7-20)29-26(32)21-12-14-28-15-13-21/h3-11,19,21,24-25,28,31H,12-18,27H2,1-2H3,(H,29,32)/t24-,25+/m0/s1. The van der Waals surface area contributed by atoms with Crippen LogP contribution in [-0.4, -0.2) is 62.1 Å². The van der Waals surface area contributed by atoms with Crippen molar-refractivity contribution in [2.75, 3.05) is 31.9 Å². The molecule has 5 N–H and O–H groups in total. The average Bonchev–Trinajstić information content (AvgIpc) is 2.84. The Hall–Kier alpha value is -2.46. The lowest BCUT2D eigenvalue weighted by molar-refractivity contribution is -0.127. The van der Waals surface area contributed by atoms with E-state index in [1.165, 1.54) is 16.4 Å². The van der Waals surface area contributed by atoms with Gasteiger partial charge in [0, 0.05) is 24.7 Å². The first-order valence-electron chi connectivity index (χ1n) is 12.3. The first-order chi connectivity index (χ1) is 16.7. The van der Waals surface area contributed by atoms with Crippen molar-refractivity contribution in [1.29, 1.82) is 0 Å². The maximum atomic E-state index is 13.4. The number of nitrogen functional groups attached to an aromatic ring is 1. The predicted molar refractivity (Wildman–Crippen MR) is 138 cm³/mol. The lowest BCUT2D eigenvalue weighted by Crippen LogP contribution is -2.52. The third-order valence-corrected chi connectivity index (χ3v) is 8.12. The Morgan fingerprint density at radius 1 is 1.09 bits per heavy atom. The van der Waals surface area contributed by atoms with Crippen molar-refractivity contribution in [1.82, 2.24) is 14.9 Å². The molecule has 0 radical (unpaired) electrons. The van der Waals surface area contributed by atoms with E-state index in [9.17, 15) is 18.3 Å². The number of aliphatic hydroxyl groups is 1. The molecule has 2 aromatic carbocycles. The highest BCUT2D eigenvalue weighted by Crippen LogP contribution is 2.21. The van der Waals surface area contributed by atoms with Gasteiger partial charge < -0.3 is 21.5 Å². The third-order valence-electron chi connectivity index (χ3n) is 6.28. The van der Waals surface area contributed by atoms with Crippen molar-refractivity contribution in [2.24, 2.45) is 11.8 Å². The summed E-state index contributed by atoms with van der Waals surface area (Å²) < 4.78 is 28.2. The van der Waals surface area contributed by atoms with E-state index in [1.807, 2.05) is 44.2 Å². The number of sulfonamides is 1. The lowest BCUT2D eigenvalue weighted by atomic mass is 9.95. The molecular formula is C26H38N4O4S. The van der Waals surface area contributed by atoms with Crippen LogP contribution in [0.2, 0.25) is 0 Å². The van der Waals surface area contributed by atoms with E-state index in [2.05, 4.69) is 10.6 Å². The van der Waals surface area contributed by atoms with Crippen LogP contribution in [0.3, 0.4) is 0 Å². The van der Waals surface area contributed by atoms with Gasteiger partial charge in [-0.25, -0.2) is 8.42 Å². The number of rotatable bonds is 11. The summed E-state index contributed by atoms with van der Waals surface area (Å²) in [7, 11) is -3.87. The van der Waals surface area contributed by atoms with Crippen LogP contribution >= 0.6 is 0 Å². The summed E-state index contributed by atoms with van der Waals surface area (Å²) in [6.07, 6.45) is 0.787. The third kappa shape index (κ3) is 7.76. The molecule has 8 nitrogen and oxygen atoms in total. The van der Waals surface area contributed by atoms with Crippen molar-refractivity contribution < 1.29 is 18.3 Å². The van der Waals surface area contributed by atoms with Gasteiger partial charge in [-0.3, -0.25) is 4.79 Å². The molecule has 192 valence electrons. The molecule has 0 aliphatic carbocycles. The molecule has 1 saturated heterocycles. The van der Waals surface area contributed by atoms with E-state index in [0.717, 1.165) is 31.5 Å². The molecule has 1 heterocycles. The number of nitrogens with two attached hydrogens (primary N) is 1. The number of hydrogen-bond acceptors (Lipinski definition) is 6. The summed E-state index contributed by atoms with van der Waals surface area (Å²) in [5, 5.41) is 17.6. The normalized spacial score (nSPS) is 16.8. The molecule has 0 spiro atoms. The molecular weight excluding hydrogens is 464 g/mol. The van der Waals surface area contributed by atoms with E-state index in [1.54, 1.807) is 12.1 Å². The zero-order valence-corrected chi connectivity index (χ0v) is 21.4. The fourth-order valence-corrected chi connectivity index (χ4v) is 5.96. The minimum atomic E-state index is -3.87. The Kier molecular flexibility index (Phi) is 9.68. The molecule has 1 fully saturated rings. The zero-order chi connectivity index (χ0) is 25.4. The van der Waals surface area contributed by atoms with Crippen LogP contribution in [0.15, 0.2) is 59.5 Å². The van der Waals surface area contributed by atoms with Gasteiger partial charge in [0.25, 0.3) is 0 Å². The number of amides is 1. The Morgan fingerprint density at radius 3 is 2.31 bits per heavy atom. The van der Waals surface area contributed by atoms with Crippen LogP contribution in [0.1, 0.15) is 32.3 Å². The number of aliphatic hydroxyl groups excluding tert-OH is 1. The SMILES string of the molecule is CC(C)CN(C[C@@H](O)[C@H](Cc1ccccc1)NC(=O)C1CCNCC1)S(=O)(=O)c1ccc(N)cc1. The summed E-state index contributed by atoms with van der Waals surface area (Å²) in [5.74, 6) is -0.169. The average molecular weight is 503 g/mol. The highest BCUT2D eigenvalue weighted by Gasteiger charge is 2.32. The zero-order valence-electron chi connectivity index (χ0n) is 20.6. The molecule has 1 aliphatic heterocycles. The van der Waals surface area contributed by atoms with E-state index in [4.69, 9.17) is 5.73 Å². The number of carbonyl (C=O) groups is 1. The highest BCUT2D eigenvalue weighted by atomic mass is 32.2. The summed E-state index contributed by atoms with van der Waals surface area (Å²) in [5.41, 5.74) is 7.17. The number of anilines is 1. The van der Waals surface area contributed by atoms with Gasteiger partial charge in [-0.05, 0) is 68.1 Å². The lowest BCUT2D eigenvalue weighted by Gasteiger charge is -2.32. The predicted octanol–water partition coefficient (Wildman–Crippen LogP) is 2.00. The van der Waals surface area contributed by atoms with Crippen molar-refractivity contribution in [3.63, 3.8) is 0 Å². The number of benzene rings is 2. The molecule has 3 rings (SSSR count).